The van der Waals surface area contributed by atoms with Gasteiger partial charge < -0.3 is 5.11 Å². The van der Waals surface area contributed by atoms with E-state index in [1.807, 2.05) is 11.6 Å². The zero-order chi connectivity index (χ0) is 13.3. The van der Waals surface area contributed by atoms with Crippen molar-refractivity contribution in [3.63, 3.8) is 0 Å². The van der Waals surface area contributed by atoms with Crippen LogP contribution in [0.4, 0.5) is 0 Å². The molecule has 2 aromatic rings. The van der Waals surface area contributed by atoms with Crippen molar-refractivity contribution in [2.24, 2.45) is 0 Å². The monoisotopic (exact) mass is 247 g/mol. The van der Waals surface area contributed by atoms with E-state index in [2.05, 4.69) is 17.0 Å². The molecule has 18 heavy (non-hydrogen) atoms. The standard InChI is InChI=1S/C13H17N3O2/c1-4-5-6-16-12-11(9(3)15-16)10(13(17)18)7-8(2)14-12/h7H,4-6H2,1-3H3,(H,17,18). The van der Waals surface area contributed by atoms with Crippen LogP contribution >= 0.6 is 0 Å². The molecule has 1 N–H and O–H groups in total. The topological polar surface area (TPSA) is 68.0 Å². The number of unbranched alkanes of at least 4 members (excludes halogenated alkanes) is 1. The predicted molar refractivity (Wildman–Crippen MR) is 68.9 cm³/mol. The SMILES string of the molecule is CCCCn1nc(C)c2c(C(=O)O)cc(C)nc21. The summed E-state index contributed by atoms with van der Waals surface area (Å²) in [5.41, 5.74) is 2.40. The Labute approximate surface area is 105 Å². The molecule has 2 heterocycles. The maximum absolute atomic E-state index is 11.3. The van der Waals surface area contributed by atoms with Gasteiger partial charge in [-0.15, -0.1) is 0 Å². The van der Waals surface area contributed by atoms with Crippen molar-refractivity contribution in [1.82, 2.24) is 14.8 Å². The van der Waals surface area contributed by atoms with Crippen molar-refractivity contribution in [2.75, 3.05) is 0 Å². The van der Waals surface area contributed by atoms with Crippen LogP contribution in [0.5, 0.6) is 0 Å². The molecule has 0 aromatic carbocycles. The van der Waals surface area contributed by atoms with Gasteiger partial charge in [-0.2, -0.15) is 5.10 Å². The van der Waals surface area contributed by atoms with E-state index >= 15 is 0 Å². The van der Waals surface area contributed by atoms with Gasteiger partial charge in [-0.3, -0.25) is 0 Å². The normalized spacial score (nSPS) is 11.1. The summed E-state index contributed by atoms with van der Waals surface area (Å²) in [6.07, 6.45) is 2.08. The lowest BCUT2D eigenvalue weighted by atomic mass is 10.1. The van der Waals surface area contributed by atoms with Crippen LogP contribution in [0, 0.1) is 13.8 Å². The quantitative estimate of drug-likeness (QED) is 0.901. The molecule has 0 fully saturated rings. The van der Waals surface area contributed by atoms with Crippen molar-refractivity contribution in [3.05, 3.63) is 23.0 Å². The molecule has 0 spiro atoms. The fraction of sp³-hybridized carbons (Fsp3) is 0.462. The molecule has 2 aromatic heterocycles. The molecule has 0 radical (unpaired) electrons. The van der Waals surface area contributed by atoms with E-state index in [1.165, 1.54) is 0 Å². The molecule has 0 bridgehead atoms. The summed E-state index contributed by atoms with van der Waals surface area (Å²) in [5.74, 6) is -0.927. The molecule has 0 aliphatic rings. The molecule has 5 nitrogen and oxygen atoms in total. The van der Waals surface area contributed by atoms with Gasteiger partial charge in [-0.1, -0.05) is 13.3 Å². The Kier molecular flexibility index (Phi) is 3.32. The number of aromatic carboxylic acids is 1. The number of hydrogen-bond acceptors (Lipinski definition) is 3. The van der Waals surface area contributed by atoms with Crippen molar-refractivity contribution >= 4 is 17.0 Å². The molecular weight excluding hydrogens is 230 g/mol. The van der Waals surface area contributed by atoms with Gasteiger partial charge >= 0.3 is 5.97 Å². The number of pyridine rings is 1. The maximum atomic E-state index is 11.3. The Morgan fingerprint density at radius 2 is 2.17 bits per heavy atom. The predicted octanol–water partition coefficient (Wildman–Crippen LogP) is 2.55. The van der Waals surface area contributed by atoms with E-state index in [9.17, 15) is 9.90 Å². The van der Waals surface area contributed by atoms with Gasteiger partial charge in [-0.05, 0) is 26.3 Å². The third-order valence-electron chi connectivity index (χ3n) is 2.96. The van der Waals surface area contributed by atoms with Crippen molar-refractivity contribution < 1.29 is 9.90 Å². The van der Waals surface area contributed by atoms with E-state index in [0.29, 0.717) is 16.7 Å². The van der Waals surface area contributed by atoms with E-state index in [1.54, 1.807) is 13.0 Å². The molecule has 96 valence electrons. The number of rotatable bonds is 4. The lowest BCUT2D eigenvalue weighted by Gasteiger charge is -2.03. The molecule has 0 atom stereocenters. The summed E-state index contributed by atoms with van der Waals surface area (Å²) >= 11 is 0. The summed E-state index contributed by atoms with van der Waals surface area (Å²) in [6.45, 7) is 6.52. The van der Waals surface area contributed by atoms with Gasteiger partial charge in [0.05, 0.1) is 16.6 Å². The molecule has 5 heteroatoms. The second kappa shape index (κ2) is 4.76. The molecular formula is C13H17N3O2. The van der Waals surface area contributed by atoms with Crippen LogP contribution in [0.3, 0.4) is 0 Å². The Balaban J connectivity index is 2.67. The molecule has 0 amide bonds. The molecule has 0 saturated heterocycles. The van der Waals surface area contributed by atoms with Crippen molar-refractivity contribution in [3.8, 4) is 0 Å². The first-order valence-electron chi connectivity index (χ1n) is 6.12. The van der Waals surface area contributed by atoms with Crippen LogP contribution in [0.15, 0.2) is 6.07 Å². The average molecular weight is 247 g/mol. The Bertz CT molecular complexity index is 602. The molecule has 0 saturated carbocycles. The first-order valence-corrected chi connectivity index (χ1v) is 6.12. The number of fused-ring (bicyclic) bond motifs is 1. The molecule has 0 aliphatic carbocycles. The van der Waals surface area contributed by atoms with E-state index in [0.717, 1.165) is 25.1 Å². The maximum Gasteiger partial charge on any atom is 0.336 e. The third-order valence-corrected chi connectivity index (χ3v) is 2.96. The van der Waals surface area contributed by atoms with Crippen molar-refractivity contribution in [1.29, 1.82) is 0 Å². The number of nitrogens with zero attached hydrogens (tertiary/aromatic N) is 3. The smallest absolute Gasteiger partial charge is 0.336 e. The highest BCUT2D eigenvalue weighted by atomic mass is 16.4. The number of aryl methyl sites for hydroxylation is 3. The highest BCUT2D eigenvalue weighted by Crippen LogP contribution is 2.22. The van der Waals surface area contributed by atoms with Crippen LogP contribution in [0.1, 0.15) is 41.5 Å². The first kappa shape index (κ1) is 12.5. The van der Waals surface area contributed by atoms with E-state index in [-0.39, 0.29) is 5.56 Å². The number of carboxylic acid groups (broad SMARTS) is 1. The first-order chi connectivity index (χ1) is 8.54. The van der Waals surface area contributed by atoms with E-state index in [4.69, 9.17) is 0 Å². The highest BCUT2D eigenvalue weighted by molar-refractivity contribution is 6.02. The lowest BCUT2D eigenvalue weighted by molar-refractivity contribution is 0.0699. The number of hydrogen-bond donors (Lipinski definition) is 1. The van der Waals surface area contributed by atoms with Crippen LogP contribution < -0.4 is 0 Å². The van der Waals surface area contributed by atoms with Gasteiger partial charge in [0.15, 0.2) is 5.65 Å². The zero-order valence-electron chi connectivity index (χ0n) is 10.9. The zero-order valence-corrected chi connectivity index (χ0v) is 10.9. The van der Waals surface area contributed by atoms with Gasteiger partial charge in [0.25, 0.3) is 0 Å². The second-order valence-corrected chi connectivity index (χ2v) is 4.48. The average Bonchev–Trinajstić information content (AvgIpc) is 2.62. The van der Waals surface area contributed by atoms with Gasteiger partial charge in [0, 0.05) is 12.2 Å². The highest BCUT2D eigenvalue weighted by Gasteiger charge is 2.17. The third kappa shape index (κ3) is 2.08. The van der Waals surface area contributed by atoms with Gasteiger partial charge in [-0.25, -0.2) is 14.5 Å². The number of carbonyl (C=O) groups is 1. The van der Waals surface area contributed by atoms with Crippen LogP contribution in [0.25, 0.3) is 11.0 Å². The van der Waals surface area contributed by atoms with Crippen LogP contribution in [-0.4, -0.2) is 25.8 Å². The lowest BCUT2D eigenvalue weighted by Crippen LogP contribution is -2.03. The fourth-order valence-corrected chi connectivity index (χ4v) is 2.11. The summed E-state index contributed by atoms with van der Waals surface area (Å²) in [5, 5.41) is 14.3. The second-order valence-electron chi connectivity index (χ2n) is 4.48. The summed E-state index contributed by atoms with van der Waals surface area (Å²) < 4.78 is 1.81. The minimum Gasteiger partial charge on any atom is -0.478 e. The summed E-state index contributed by atoms with van der Waals surface area (Å²) in [4.78, 5) is 15.7. The van der Waals surface area contributed by atoms with Gasteiger partial charge in [0.2, 0.25) is 0 Å². The number of carboxylic acids is 1. The number of aromatic nitrogens is 3. The molecule has 2 rings (SSSR count). The van der Waals surface area contributed by atoms with Crippen LogP contribution in [-0.2, 0) is 6.54 Å². The Hall–Kier alpha value is -1.91. The minimum absolute atomic E-state index is 0.290. The largest absolute Gasteiger partial charge is 0.478 e. The van der Waals surface area contributed by atoms with Gasteiger partial charge in [0.1, 0.15) is 0 Å². The Morgan fingerprint density at radius 3 is 2.78 bits per heavy atom. The summed E-state index contributed by atoms with van der Waals surface area (Å²) in [7, 11) is 0. The summed E-state index contributed by atoms with van der Waals surface area (Å²) in [6, 6.07) is 1.60. The van der Waals surface area contributed by atoms with E-state index < -0.39 is 5.97 Å². The fourth-order valence-electron chi connectivity index (χ4n) is 2.11. The molecule has 0 aliphatic heterocycles. The molecule has 0 unspecified atom stereocenters. The minimum atomic E-state index is -0.927. The van der Waals surface area contributed by atoms with Crippen LogP contribution in [0.2, 0.25) is 0 Å². The van der Waals surface area contributed by atoms with Crippen molar-refractivity contribution in [2.45, 2.75) is 40.2 Å². The Morgan fingerprint density at radius 1 is 1.44 bits per heavy atom.